The van der Waals surface area contributed by atoms with E-state index in [0.29, 0.717) is 0 Å². The number of benzene rings is 3. The van der Waals surface area contributed by atoms with Crippen molar-refractivity contribution in [3.05, 3.63) is 100 Å². The first-order chi connectivity index (χ1) is 28.7. The number of anilines is 1. The van der Waals surface area contributed by atoms with Crippen molar-refractivity contribution in [2.45, 2.75) is 6.42 Å². The minimum Gasteiger partial charge on any atom is -0.505 e. The number of hydrogen-bond acceptors (Lipinski definition) is 15. The van der Waals surface area contributed by atoms with Gasteiger partial charge in [-0.1, -0.05) is 12.1 Å². The van der Waals surface area contributed by atoms with Crippen molar-refractivity contribution in [1.29, 1.82) is 0 Å². The molecule has 3 aromatic carbocycles. The number of nitrogens with zero attached hydrogens (tertiary/aromatic N) is 2. The molecular weight excluding hydrogens is 798 g/mol. The molecule has 0 radical (unpaired) electrons. The van der Waals surface area contributed by atoms with Gasteiger partial charge in [0.15, 0.2) is 28.9 Å². The number of rotatable bonds is 16. The van der Waals surface area contributed by atoms with Gasteiger partial charge in [-0.15, -0.1) is 0 Å². The van der Waals surface area contributed by atoms with E-state index in [4.69, 9.17) is 33.2 Å². The van der Waals surface area contributed by atoms with Crippen LogP contribution in [0.5, 0.6) is 28.7 Å². The molecule has 17 nitrogen and oxygen atoms in total. The van der Waals surface area contributed by atoms with Crippen molar-refractivity contribution in [3.8, 4) is 28.7 Å². The first-order valence-corrected chi connectivity index (χ1v) is 17.8. The summed E-state index contributed by atoms with van der Waals surface area (Å²) in [7, 11) is 4.58. The molecule has 19 heteroatoms. The number of ether oxygens (including phenoxy) is 7. The van der Waals surface area contributed by atoms with E-state index in [1.807, 2.05) is 0 Å². The number of allylic oxidation sites excluding steroid dienone is 4. The van der Waals surface area contributed by atoms with E-state index in [0.717, 1.165) is 52.7 Å². The van der Waals surface area contributed by atoms with E-state index < -0.39 is 85.6 Å². The fourth-order valence-corrected chi connectivity index (χ4v) is 6.24. The van der Waals surface area contributed by atoms with Crippen LogP contribution in [-0.4, -0.2) is 123 Å². The van der Waals surface area contributed by atoms with E-state index in [9.17, 15) is 48.1 Å². The highest BCUT2D eigenvalue weighted by molar-refractivity contribution is 6.08. The summed E-state index contributed by atoms with van der Waals surface area (Å²) in [5, 5.41) is 30.0. The number of carbonyl (C=O) groups excluding carboxylic acids is 4. The Kier molecular flexibility index (Phi) is 14.1. The van der Waals surface area contributed by atoms with Crippen molar-refractivity contribution in [3.63, 3.8) is 0 Å². The molecule has 1 aliphatic carbocycles. The Morgan fingerprint density at radius 2 is 1.27 bits per heavy atom. The zero-order chi connectivity index (χ0) is 43.7. The van der Waals surface area contributed by atoms with Gasteiger partial charge in [-0.25, -0.2) is 22.9 Å². The lowest BCUT2D eigenvalue weighted by Crippen LogP contribution is -2.36. The number of esters is 4. The third kappa shape index (κ3) is 10.2. The second-order valence-corrected chi connectivity index (χ2v) is 12.8. The van der Waals surface area contributed by atoms with Gasteiger partial charge in [0.05, 0.1) is 40.5 Å². The molecule has 0 amide bonds. The van der Waals surface area contributed by atoms with Crippen LogP contribution in [0.15, 0.2) is 72.0 Å². The maximum atomic E-state index is 14.9. The van der Waals surface area contributed by atoms with Crippen LogP contribution < -0.4 is 14.4 Å². The standard InChI is InChI=1S/C41H38F2N2O15/c1-54-36(50)18-44(19-37(51)55-2)28-9-8-22(40-24-14-26(42)29(46)16-32(24)60-33-17-30(47)27(43)15-25(33)40)12-34(28)59-11-10-58-31-7-5-6-23(13-35(48)49)41(31)45(20-38(52)56-3)21-39(53)57-4/h5-9,12,14-17H,10-11,13,18-21H2,1-4H3,(H2,46,47,48,49)/p+1. The zero-order valence-electron chi connectivity index (χ0n) is 32.6. The normalized spacial score (nSPS) is 12.6. The minimum atomic E-state index is -1.21. The van der Waals surface area contributed by atoms with Crippen LogP contribution in [0, 0.1) is 11.6 Å². The summed E-state index contributed by atoms with van der Waals surface area (Å²) in [6.07, 6.45) is 3.92. The van der Waals surface area contributed by atoms with E-state index in [1.165, 1.54) is 45.9 Å². The SMILES string of the molecule is COC(=O)CN(CC(=O)OC)c1c(CC(=O)O)cccc1OCCOC1=CC(=C2c3cc(F)c(O)cc3Oc3cc(O)c(F)cc32)C=CC1=[N+](CC(=O)OC)CC(=O)OC. The van der Waals surface area contributed by atoms with Crippen LogP contribution in [0.2, 0.25) is 0 Å². The molecule has 0 spiro atoms. The molecular formula is C41H39F2N2O15+. The van der Waals surface area contributed by atoms with Gasteiger partial charge in [0.2, 0.25) is 18.8 Å². The monoisotopic (exact) mass is 837 g/mol. The lowest BCUT2D eigenvalue weighted by molar-refractivity contribution is -0.508. The fourth-order valence-electron chi connectivity index (χ4n) is 6.24. The summed E-state index contributed by atoms with van der Waals surface area (Å²) >= 11 is 0. The highest BCUT2D eigenvalue weighted by atomic mass is 19.1. The molecule has 0 bridgehead atoms. The molecule has 0 aromatic heterocycles. The van der Waals surface area contributed by atoms with Gasteiger partial charge < -0.3 is 53.4 Å². The summed E-state index contributed by atoms with van der Waals surface area (Å²) in [5.74, 6) is -7.70. The molecule has 3 N–H and O–H groups in total. The van der Waals surface area contributed by atoms with Gasteiger partial charge in [-0.2, -0.15) is 0 Å². The van der Waals surface area contributed by atoms with Crippen LogP contribution in [0.3, 0.4) is 0 Å². The van der Waals surface area contributed by atoms with Gasteiger partial charge in [-0.3, -0.25) is 14.4 Å². The summed E-state index contributed by atoms with van der Waals surface area (Å²) in [4.78, 5) is 63.0. The predicted octanol–water partition coefficient (Wildman–Crippen LogP) is 3.41. The predicted molar refractivity (Wildman–Crippen MR) is 204 cm³/mol. The summed E-state index contributed by atoms with van der Waals surface area (Å²) in [6, 6.07) is 8.47. The highest BCUT2D eigenvalue weighted by Crippen LogP contribution is 2.49. The second-order valence-electron chi connectivity index (χ2n) is 12.8. The Morgan fingerprint density at radius 1 is 0.733 bits per heavy atom. The molecule has 0 saturated carbocycles. The van der Waals surface area contributed by atoms with Gasteiger partial charge in [-0.05, 0) is 41.5 Å². The van der Waals surface area contributed by atoms with E-state index in [2.05, 4.69) is 0 Å². The molecule has 60 heavy (non-hydrogen) atoms. The van der Waals surface area contributed by atoms with Gasteiger partial charge in [0.25, 0.3) is 0 Å². The first-order valence-electron chi connectivity index (χ1n) is 17.8. The number of halogens is 2. The number of carboxylic acid groups (broad SMARTS) is 1. The molecule has 1 aliphatic heterocycles. The van der Waals surface area contributed by atoms with Crippen molar-refractivity contribution < 1.29 is 85.8 Å². The number of aliphatic carboxylic acids is 1. The van der Waals surface area contributed by atoms with Crippen LogP contribution in [0.4, 0.5) is 14.5 Å². The van der Waals surface area contributed by atoms with E-state index >= 15 is 0 Å². The lowest BCUT2D eigenvalue weighted by Gasteiger charge is -2.27. The highest BCUT2D eigenvalue weighted by Gasteiger charge is 2.32. The molecule has 0 saturated heterocycles. The Labute approximate surface area is 340 Å². The largest absolute Gasteiger partial charge is 0.505 e. The van der Waals surface area contributed by atoms with Gasteiger partial charge in [0.1, 0.15) is 43.6 Å². The number of phenolic OH excluding ortho intramolecular Hbond substituents is 2. The van der Waals surface area contributed by atoms with Crippen LogP contribution in [-0.2, 0) is 54.1 Å². The quantitative estimate of drug-likeness (QED) is 0.0638. The number of carboxylic acids is 1. The number of carbonyl (C=O) groups is 5. The maximum absolute atomic E-state index is 14.9. The molecule has 0 fully saturated rings. The number of para-hydroxylation sites is 1. The number of aromatic hydroxyl groups is 2. The molecule has 316 valence electrons. The third-order valence-electron chi connectivity index (χ3n) is 8.98. The van der Waals surface area contributed by atoms with Crippen LogP contribution in [0.25, 0.3) is 5.57 Å². The second kappa shape index (κ2) is 19.3. The van der Waals surface area contributed by atoms with Gasteiger partial charge in [0, 0.05) is 34.9 Å². The van der Waals surface area contributed by atoms with Crippen molar-refractivity contribution in [2.75, 3.05) is 72.7 Å². The molecule has 3 aromatic rings. The smallest absolute Gasteiger partial charge is 0.371 e. The Bertz CT molecular complexity index is 2250. The third-order valence-corrected chi connectivity index (χ3v) is 8.98. The summed E-state index contributed by atoms with van der Waals surface area (Å²) < 4.78 is 68.5. The topological polar surface area (TPSA) is 217 Å². The first kappa shape index (κ1) is 43.7. The van der Waals surface area contributed by atoms with Crippen LogP contribution >= 0.6 is 0 Å². The number of phenols is 2. The molecule has 0 atom stereocenters. The summed E-state index contributed by atoms with van der Waals surface area (Å²) in [6.45, 7) is -2.43. The maximum Gasteiger partial charge on any atom is 0.371 e. The van der Waals surface area contributed by atoms with Gasteiger partial charge >= 0.3 is 29.8 Å². The molecule has 5 rings (SSSR count). The molecule has 2 aliphatic rings. The van der Waals surface area contributed by atoms with Crippen molar-refractivity contribution in [2.24, 2.45) is 0 Å². The Balaban J connectivity index is 1.61. The summed E-state index contributed by atoms with van der Waals surface area (Å²) in [5.41, 5.74) is 1.05. The minimum absolute atomic E-state index is 0.00218. The number of hydrogen-bond donors (Lipinski definition) is 3. The number of fused-ring (bicyclic) bond motifs is 2. The van der Waals surface area contributed by atoms with Crippen LogP contribution in [0.1, 0.15) is 16.7 Å². The average molecular weight is 838 g/mol. The zero-order valence-corrected chi connectivity index (χ0v) is 32.6. The lowest BCUT2D eigenvalue weighted by atomic mass is 9.87. The number of methoxy groups -OCH3 is 4. The Hall–Kier alpha value is -7.44. The fraction of sp³-hybridized carbons (Fsp3) is 0.268. The van der Waals surface area contributed by atoms with Crippen molar-refractivity contribution >= 4 is 46.8 Å². The van der Waals surface area contributed by atoms with E-state index in [1.54, 1.807) is 0 Å². The molecule has 1 heterocycles. The Morgan fingerprint density at radius 3 is 1.78 bits per heavy atom. The molecule has 0 unspecified atom stereocenters. The average Bonchev–Trinajstić information content (AvgIpc) is 3.21. The van der Waals surface area contributed by atoms with E-state index in [-0.39, 0.29) is 75.5 Å². The van der Waals surface area contributed by atoms with Crippen molar-refractivity contribution in [1.82, 2.24) is 0 Å².